The Hall–Kier alpha value is -1.69. The van der Waals surface area contributed by atoms with Crippen molar-refractivity contribution in [3.63, 3.8) is 0 Å². The monoisotopic (exact) mass is 328 g/mol. The van der Waals surface area contributed by atoms with Gasteiger partial charge in [-0.1, -0.05) is 6.92 Å². The molecule has 4 heterocycles. The number of fused-ring (bicyclic) bond motifs is 1. The summed E-state index contributed by atoms with van der Waals surface area (Å²) in [6, 6.07) is 2.15. The van der Waals surface area contributed by atoms with Crippen LogP contribution in [0.25, 0.3) is 5.78 Å². The van der Waals surface area contributed by atoms with Crippen LogP contribution >= 0.6 is 0 Å². The second-order valence-electron chi connectivity index (χ2n) is 7.53. The third-order valence-electron chi connectivity index (χ3n) is 5.25. The molecule has 2 aromatic heterocycles. The maximum absolute atomic E-state index is 4.81. The molecule has 0 amide bonds. The maximum atomic E-state index is 4.81. The number of hydrogen-bond acceptors (Lipinski definition) is 5. The predicted molar refractivity (Wildman–Crippen MR) is 95.3 cm³/mol. The van der Waals surface area contributed by atoms with Gasteiger partial charge in [0.05, 0.1) is 6.54 Å². The number of hydrogen-bond donors (Lipinski definition) is 0. The summed E-state index contributed by atoms with van der Waals surface area (Å²) in [4.78, 5) is 14.2. The third-order valence-corrected chi connectivity index (χ3v) is 5.25. The van der Waals surface area contributed by atoms with E-state index in [0.29, 0.717) is 0 Å². The average Bonchev–Trinajstić information content (AvgIpc) is 2.97. The van der Waals surface area contributed by atoms with Gasteiger partial charge >= 0.3 is 0 Å². The smallest absolute Gasteiger partial charge is 0.254 e. The second-order valence-corrected chi connectivity index (χ2v) is 7.53. The Bertz CT molecular complexity index is 703. The van der Waals surface area contributed by atoms with Gasteiger partial charge in [0.15, 0.2) is 5.82 Å². The zero-order chi connectivity index (χ0) is 16.5. The van der Waals surface area contributed by atoms with E-state index in [0.717, 1.165) is 61.8 Å². The van der Waals surface area contributed by atoms with Crippen LogP contribution in [-0.4, -0.2) is 50.7 Å². The first kappa shape index (κ1) is 15.8. The quantitative estimate of drug-likeness (QED) is 0.867. The molecular formula is C18H28N6. The molecule has 6 nitrogen and oxygen atoms in total. The third kappa shape index (κ3) is 3.24. The van der Waals surface area contributed by atoms with Crippen LogP contribution in [0.3, 0.4) is 0 Å². The van der Waals surface area contributed by atoms with Crippen molar-refractivity contribution in [1.29, 1.82) is 0 Å². The fourth-order valence-corrected chi connectivity index (χ4v) is 4.05. The summed E-state index contributed by atoms with van der Waals surface area (Å²) in [6.07, 6.45) is 6.48. The highest BCUT2D eigenvalue weighted by Gasteiger charge is 2.20. The Morgan fingerprint density at radius 1 is 1.08 bits per heavy atom. The Balaban J connectivity index is 1.61. The molecule has 0 saturated carbocycles. The van der Waals surface area contributed by atoms with Crippen LogP contribution in [-0.2, 0) is 6.54 Å². The summed E-state index contributed by atoms with van der Waals surface area (Å²) in [5, 5.41) is 4.81. The Morgan fingerprint density at radius 3 is 2.71 bits per heavy atom. The molecule has 0 spiro atoms. The van der Waals surface area contributed by atoms with E-state index in [2.05, 4.69) is 27.8 Å². The minimum absolute atomic E-state index is 0.746. The minimum Gasteiger partial charge on any atom is -0.356 e. The lowest BCUT2D eigenvalue weighted by molar-refractivity contribution is 0.173. The second kappa shape index (κ2) is 6.67. The van der Waals surface area contributed by atoms with Crippen molar-refractivity contribution in [2.24, 2.45) is 5.92 Å². The van der Waals surface area contributed by atoms with Gasteiger partial charge in [-0.3, -0.25) is 4.90 Å². The molecule has 0 aliphatic carbocycles. The molecular weight excluding hydrogens is 300 g/mol. The van der Waals surface area contributed by atoms with E-state index >= 15 is 0 Å². The fraction of sp³-hybridized carbons (Fsp3) is 0.722. The van der Waals surface area contributed by atoms with E-state index in [1.54, 1.807) is 0 Å². The van der Waals surface area contributed by atoms with Gasteiger partial charge in [-0.2, -0.15) is 9.50 Å². The maximum Gasteiger partial charge on any atom is 0.254 e. The van der Waals surface area contributed by atoms with Crippen molar-refractivity contribution in [3.8, 4) is 0 Å². The Morgan fingerprint density at radius 2 is 1.92 bits per heavy atom. The molecule has 1 unspecified atom stereocenters. The molecule has 2 aliphatic heterocycles. The lowest BCUT2D eigenvalue weighted by Gasteiger charge is -2.29. The van der Waals surface area contributed by atoms with Crippen LogP contribution in [0.15, 0.2) is 6.07 Å². The minimum atomic E-state index is 0.746. The van der Waals surface area contributed by atoms with Crippen molar-refractivity contribution in [2.45, 2.75) is 52.5 Å². The largest absolute Gasteiger partial charge is 0.356 e. The number of nitrogens with zero attached hydrogens (tertiary/aromatic N) is 6. The molecule has 0 bridgehead atoms. The van der Waals surface area contributed by atoms with Crippen LogP contribution in [0.2, 0.25) is 0 Å². The van der Waals surface area contributed by atoms with Gasteiger partial charge in [0.1, 0.15) is 5.82 Å². The summed E-state index contributed by atoms with van der Waals surface area (Å²) in [5.74, 6) is 3.58. The van der Waals surface area contributed by atoms with E-state index in [-0.39, 0.29) is 0 Å². The molecule has 130 valence electrons. The average molecular weight is 328 g/mol. The van der Waals surface area contributed by atoms with E-state index in [1.807, 2.05) is 11.4 Å². The molecule has 0 aromatic carbocycles. The standard InChI is InChI=1S/C18H28N6/c1-14-7-6-8-22(12-14)13-16-20-18-19-15(2)11-17(24(18)21-16)23-9-4-3-5-10-23/h11,14H,3-10,12-13H2,1-2H3. The number of likely N-dealkylation sites (tertiary alicyclic amines) is 1. The summed E-state index contributed by atoms with van der Waals surface area (Å²) in [6.45, 7) is 9.75. The molecule has 2 saturated heterocycles. The van der Waals surface area contributed by atoms with Gasteiger partial charge in [-0.25, -0.2) is 4.98 Å². The van der Waals surface area contributed by atoms with Gasteiger partial charge < -0.3 is 4.90 Å². The summed E-state index contributed by atoms with van der Waals surface area (Å²) >= 11 is 0. The van der Waals surface area contributed by atoms with E-state index in [9.17, 15) is 0 Å². The molecule has 2 fully saturated rings. The predicted octanol–water partition coefficient (Wildman–Crippen LogP) is 2.65. The topological polar surface area (TPSA) is 49.6 Å². The first-order chi connectivity index (χ1) is 11.7. The first-order valence-corrected chi connectivity index (χ1v) is 9.39. The summed E-state index contributed by atoms with van der Waals surface area (Å²) in [5.41, 5.74) is 1.02. The highest BCUT2D eigenvalue weighted by Crippen LogP contribution is 2.22. The molecule has 1 atom stereocenters. The lowest BCUT2D eigenvalue weighted by Crippen LogP contribution is -2.34. The molecule has 0 radical (unpaired) electrons. The van der Waals surface area contributed by atoms with E-state index in [4.69, 9.17) is 10.1 Å². The highest BCUT2D eigenvalue weighted by molar-refractivity contribution is 5.47. The number of aromatic nitrogens is 4. The van der Waals surface area contributed by atoms with Gasteiger partial charge in [0, 0.05) is 31.4 Å². The summed E-state index contributed by atoms with van der Waals surface area (Å²) < 4.78 is 1.96. The Labute approximate surface area is 143 Å². The van der Waals surface area contributed by atoms with Gasteiger partial charge in [-0.15, -0.1) is 5.10 Å². The molecule has 0 N–H and O–H groups in total. The van der Waals surface area contributed by atoms with Crippen LogP contribution in [0.5, 0.6) is 0 Å². The van der Waals surface area contributed by atoms with E-state index < -0.39 is 0 Å². The van der Waals surface area contributed by atoms with Crippen molar-refractivity contribution in [1.82, 2.24) is 24.5 Å². The van der Waals surface area contributed by atoms with Crippen molar-refractivity contribution >= 4 is 11.6 Å². The number of rotatable bonds is 3. The summed E-state index contributed by atoms with van der Waals surface area (Å²) in [7, 11) is 0. The zero-order valence-electron chi connectivity index (χ0n) is 14.9. The highest BCUT2D eigenvalue weighted by atomic mass is 15.4. The van der Waals surface area contributed by atoms with Crippen molar-refractivity contribution in [3.05, 3.63) is 17.6 Å². The number of anilines is 1. The zero-order valence-corrected chi connectivity index (χ0v) is 14.9. The van der Waals surface area contributed by atoms with Crippen LogP contribution < -0.4 is 4.90 Å². The lowest BCUT2D eigenvalue weighted by atomic mass is 10.0. The SMILES string of the molecule is Cc1cc(N2CCCCC2)n2nc(CN3CCCC(C)C3)nc2n1. The first-order valence-electron chi connectivity index (χ1n) is 9.39. The van der Waals surface area contributed by atoms with Crippen LogP contribution in [0, 0.1) is 12.8 Å². The fourth-order valence-electron chi connectivity index (χ4n) is 4.05. The Kier molecular flexibility index (Phi) is 4.39. The molecule has 2 aliphatic rings. The molecule has 6 heteroatoms. The van der Waals surface area contributed by atoms with Gasteiger partial charge in [0.25, 0.3) is 5.78 Å². The molecule has 4 rings (SSSR count). The van der Waals surface area contributed by atoms with Crippen LogP contribution in [0.4, 0.5) is 5.82 Å². The molecule has 2 aromatic rings. The molecule has 24 heavy (non-hydrogen) atoms. The van der Waals surface area contributed by atoms with Gasteiger partial charge in [-0.05, 0) is 51.5 Å². The van der Waals surface area contributed by atoms with Crippen molar-refractivity contribution < 1.29 is 0 Å². The van der Waals surface area contributed by atoms with E-state index in [1.165, 1.54) is 32.1 Å². The number of piperidine rings is 2. The van der Waals surface area contributed by atoms with Crippen LogP contribution in [0.1, 0.15) is 50.5 Å². The van der Waals surface area contributed by atoms with Crippen molar-refractivity contribution in [2.75, 3.05) is 31.1 Å². The van der Waals surface area contributed by atoms with Gasteiger partial charge in [0.2, 0.25) is 0 Å². The number of aryl methyl sites for hydroxylation is 1. The normalized spacial score (nSPS) is 23.1.